The van der Waals surface area contributed by atoms with Gasteiger partial charge >= 0.3 is 0 Å². The van der Waals surface area contributed by atoms with Crippen LogP contribution < -0.4 is 4.74 Å². The standard InChI is InChI=1S/C24H25N3O2/c1-29-23-6-5-21-16-19(2-4-22(21)17-23)3-7-24(28)27-14-12-26(13-15-27)18-20-8-10-25-11-9-20/h2-11,16-17H,12-15,18H2,1H3/b7-3+. The third-order valence-electron chi connectivity index (χ3n) is 5.33. The van der Waals surface area contributed by atoms with Gasteiger partial charge in [-0.3, -0.25) is 14.7 Å². The molecular formula is C24H25N3O2. The zero-order valence-corrected chi connectivity index (χ0v) is 16.6. The van der Waals surface area contributed by atoms with Crippen LogP contribution in [0.25, 0.3) is 16.8 Å². The largest absolute Gasteiger partial charge is 0.497 e. The molecule has 1 saturated heterocycles. The number of fused-ring (bicyclic) bond motifs is 1. The first kappa shape index (κ1) is 19.2. The van der Waals surface area contributed by atoms with Crippen molar-refractivity contribution in [1.82, 2.24) is 14.8 Å². The quantitative estimate of drug-likeness (QED) is 0.628. The van der Waals surface area contributed by atoms with Crippen molar-refractivity contribution in [2.75, 3.05) is 33.3 Å². The van der Waals surface area contributed by atoms with E-state index in [-0.39, 0.29) is 5.91 Å². The zero-order chi connectivity index (χ0) is 20.1. The number of hydrogen-bond donors (Lipinski definition) is 0. The van der Waals surface area contributed by atoms with E-state index in [9.17, 15) is 4.79 Å². The fourth-order valence-electron chi connectivity index (χ4n) is 3.62. The summed E-state index contributed by atoms with van der Waals surface area (Å²) in [7, 11) is 1.67. The summed E-state index contributed by atoms with van der Waals surface area (Å²) >= 11 is 0. The Hall–Kier alpha value is -3.18. The van der Waals surface area contributed by atoms with Crippen molar-refractivity contribution in [3.8, 4) is 5.75 Å². The molecule has 0 N–H and O–H groups in total. The van der Waals surface area contributed by atoms with Gasteiger partial charge in [-0.15, -0.1) is 0 Å². The van der Waals surface area contributed by atoms with E-state index in [2.05, 4.69) is 22.0 Å². The Morgan fingerprint density at radius 2 is 1.72 bits per heavy atom. The molecule has 1 aliphatic heterocycles. The van der Waals surface area contributed by atoms with E-state index >= 15 is 0 Å². The van der Waals surface area contributed by atoms with Crippen molar-refractivity contribution in [3.63, 3.8) is 0 Å². The number of pyridine rings is 1. The lowest BCUT2D eigenvalue weighted by Crippen LogP contribution is -2.47. The van der Waals surface area contributed by atoms with Gasteiger partial charge in [-0.2, -0.15) is 0 Å². The summed E-state index contributed by atoms with van der Waals surface area (Å²) in [4.78, 5) is 20.9. The van der Waals surface area contributed by atoms with Crippen molar-refractivity contribution < 1.29 is 9.53 Å². The molecule has 1 fully saturated rings. The number of nitrogens with zero attached hydrogens (tertiary/aromatic N) is 3. The average molecular weight is 387 g/mol. The number of ether oxygens (including phenoxy) is 1. The molecule has 1 aliphatic rings. The SMILES string of the molecule is COc1ccc2cc(/C=C/C(=O)N3CCN(Cc4ccncc4)CC3)ccc2c1. The number of carbonyl (C=O) groups excluding carboxylic acids is 1. The van der Waals surface area contributed by atoms with Crippen LogP contribution in [0.15, 0.2) is 67.0 Å². The molecule has 5 heteroatoms. The molecule has 3 aromatic rings. The van der Waals surface area contributed by atoms with Gasteiger partial charge in [0.15, 0.2) is 0 Å². The number of rotatable bonds is 5. The van der Waals surface area contributed by atoms with Gasteiger partial charge in [0.1, 0.15) is 5.75 Å². The van der Waals surface area contributed by atoms with E-state index in [4.69, 9.17) is 4.74 Å². The van der Waals surface area contributed by atoms with E-state index in [0.717, 1.165) is 54.8 Å². The smallest absolute Gasteiger partial charge is 0.246 e. The van der Waals surface area contributed by atoms with Crippen molar-refractivity contribution in [3.05, 3.63) is 78.1 Å². The Bertz CT molecular complexity index is 1010. The maximum Gasteiger partial charge on any atom is 0.246 e. The number of aromatic nitrogens is 1. The first-order chi connectivity index (χ1) is 14.2. The molecule has 0 aliphatic carbocycles. The molecular weight excluding hydrogens is 362 g/mol. The number of piperazine rings is 1. The van der Waals surface area contributed by atoms with E-state index in [0.29, 0.717) is 0 Å². The van der Waals surface area contributed by atoms with E-state index in [1.54, 1.807) is 13.2 Å². The van der Waals surface area contributed by atoms with E-state index in [1.165, 1.54) is 5.56 Å². The molecule has 29 heavy (non-hydrogen) atoms. The van der Waals surface area contributed by atoms with Gasteiger partial charge in [0, 0.05) is 51.2 Å². The first-order valence-electron chi connectivity index (χ1n) is 9.87. The lowest BCUT2D eigenvalue weighted by Gasteiger charge is -2.34. The number of carbonyl (C=O) groups is 1. The van der Waals surface area contributed by atoms with Gasteiger partial charge in [-0.1, -0.05) is 18.2 Å². The van der Waals surface area contributed by atoms with Gasteiger partial charge < -0.3 is 9.64 Å². The van der Waals surface area contributed by atoms with Gasteiger partial charge in [-0.25, -0.2) is 0 Å². The zero-order valence-electron chi connectivity index (χ0n) is 16.6. The predicted octanol–water partition coefficient (Wildman–Crippen LogP) is 3.60. The summed E-state index contributed by atoms with van der Waals surface area (Å²) in [6.07, 6.45) is 7.23. The summed E-state index contributed by atoms with van der Waals surface area (Å²) in [5.41, 5.74) is 2.28. The summed E-state index contributed by atoms with van der Waals surface area (Å²) < 4.78 is 5.27. The molecule has 148 valence electrons. The first-order valence-corrected chi connectivity index (χ1v) is 9.87. The summed E-state index contributed by atoms with van der Waals surface area (Å²) in [5.74, 6) is 0.919. The Labute approximate surface area is 171 Å². The van der Waals surface area contributed by atoms with Crippen LogP contribution in [0.2, 0.25) is 0 Å². The molecule has 1 aromatic heterocycles. The molecule has 2 aromatic carbocycles. The highest BCUT2D eigenvalue weighted by Gasteiger charge is 2.19. The normalized spacial score (nSPS) is 15.1. The molecule has 4 rings (SSSR count). The van der Waals surface area contributed by atoms with Gasteiger partial charge in [0.2, 0.25) is 5.91 Å². The van der Waals surface area contributed by atoms with Gasteiger partial charge in [-0.05, 0) is 58.3 Å². The van der Waals surface area contributed by atoms with Gasteiger partial charge in [0.25, 0.3) is 0 Å². The summed E-state index contributed by atoms with van der Waals surface area (Å²) in [6, 6.07) is 16.3. The minimum atomic E-state index is 0.0726. The van der Waals surface area contributed by atoms with Crippen LogP contribution in [0.3, 0.4) is 0 Å². The molecule has 0 atom stereocenters. The van der Waals surface area contributed by atoms with Crippen LogP contribution in [0, 0.1) is 0 Å². The minimum Gasteiger partial charge on any atom is -0.497 e. The highest BCUT2D eigenvalue weighted by molar-refractivity contribution is 5.93. The Morgan fingerprint density at radius 3 is 2.48 bits per heavy atom. The second kappa shape index (κ2) is 8.88. The summed E-state index contributed by atoms with van der Waals surface area (Å²) in [5, 5.41) is 2.25. The minimum absolute atomic E-state index is 0.0726. The predicted molar refractivity (Wildman–Crippen MR) is 116 cm³/mol. The maximum atomic E-state index is 12.6. The van der Waals surface area contributed by atoms with Gasteiger partial charge in [0.05, 0.1) is 7.11 Å². The van der Waals surface area contributed by atoms with Crippen molar-refractivity contribution in [2.24, 2.45) is 0 Å². The second-order valence-corrected chi connectivity index (χ2v) is 7.26. The molecule has 0 bridgehead atoms. The molecule has 0 saturated carbocycles. The van der Waals surface area contributed by atoms with E-state index in [1.807, 2.05) is 59.8 Å². The van der Waals surface area contributed by atoms with Crippen molar-refractivity contribution in [2.45, 2.75) is 6.54 Å². The van der Waals surface area contributed by atoms with Crippen LogP contribution in [0.4, 0.5) is 0 Å². The number of benzene rings is 2. The van der Waals surface area contributed by atoms with Crippen molar-refractivity contribution >= 4 is 22.8 Å². The van der Waals surface area contributed by atoms with Crippen LogP contribution >= 0.6 is 0 Å². The molecule has 0 spiro atoms. The number of methoxy groups -OCH3 is 1. The van der Waals surface area contributed by atoms with Crippen LogP contribution in [0.1, 0.15) is 11.1 Å². The third kappa shape index (κ3) is 4.81. The number of hydrogen-bond acceptors (Lipinski definition) is 4. The van der Waals surface area contributed by atoms with Crippen LogP contribution in [-0.4, -0.2) is 54.0 Å². The highest BCUT2D eigenvalue weighted by Crippen LogP contribution is 2.22. The fourth-order valence-corrected chi connectivity index (χ4v) is 3.62. The third-order valence-corrected chi connectivity index (χ3v) is 5.33. The maximum absolute atomic E-state index is 12.6. The highest BCUT2D eigenvalue weighted by atomic mass is 16.5. The Kier molecular flexibility index (Phi) is 5.86. The molecule has 0 radical (unpaired) electrons. The lowest BCUT2D eigenvalue weighted by atomic mass is 10.1. The molecule has 5 nitrogen and oxygen atoms in total. The number of amides is 1. The van der Waals surface area contributed by atoms with E-state index < -0.39 is 0 Å². The molecule has 2 heterocycles. The molecule has 0 unspecified atom stereocenters. The van der Waals surface area contributed by atoms with Crippen LogP contribution in [0.5, 0.6) is 5.75 Å². The average Bonchev–Trinajstić information content (AvgIpc) is 2.78. The van der Waals surface area contributed by atoms with Crippen LogP contribution in [-0.2, 0) is 11.3 Å². The fraction of sp³-hybridized carbons (Fsp3) is 0.250. The lowest BCUT2D eigenvalue weighted by molar-refractivity contribution is -0.127. The second-order valence-electron chi connectivity index (χ2n) is 7.26. The van der Waals surface area contributed by atoms with Crippen molar-refractivity contribution in [1.29, 1.82) is 0 Å². The topological polar surface area (TPSA) is 45.7 Å². The Balaban J connectivity index is 1.33. The molecule has 1 amide bonds. The Morgan fingerprint density at radius 1 is 1.00 bits per heavy atom. The summed E-state index contributed by atoms with van der Waals surface area (Å²) in [6.45, 7) is 4.19. The monoisotopic (exact) mass is 387 g/mol.